The first kappa shape index (κ1) is 10.8. The minimum absolute atomic E-state index is 0.0601. The lowest BCUT2D eigenvalue weighted by atomic mass is 10.3. The number of nitrogens with zero attached hydrogens (tertiary/aromatic N) is 2. The van der Waals surface area contributed by atoms with Crippen molar-refractivity contribution in [1.29, 1.82) is 0 Å². The van der Waals surface area contributed by atoms with Crippen molar-refractivity contribution < 1.29 is 9.90 Å². The van der Waals surface area contributed by atoms with Gasteiger partial charge in [0.05, 0.1) is 6.42 Å². The molecule has 0 amide bonds. The number of hydrogen-bond acceptors (Lipinski definition) is 2. The van der Waals surface area contributed by atoms with Gasteiger partial charge in [-0.1, -0.05) is 13.3 Å². The third kappa shape index (κ3) is 2.58. The molecule has 1 rings (SSSR count). The number of rotatable bonds is 5. The summed E-state index contributed by atoms with van der Waals surface area (Å²) in [5.74, 6) is 0.0948. The zero-order valence-electron chi connectivity index (χ0n) is 8.66. The van der Waals surface area contributed by atoms with Crippen molar-refractivity contribution in [2.24, 2.45) is 0 Å². The van der Waals surface area contributed by atoms with Crippen LogP contribution in [-0.4, -0.2) is 20.6 Å². The van der Waals surface area contributed by atoms with Crippen molar-refractivity contribution >= 4 is 5.97 Å². The molecule has 0 atom stereocenters. The number of aliphatic carboxylic acids is 1. The molecule has 0 saturated heterocycles. The Morgan fingerprint density at radius 2 is 2.36 bits per heavy atom. The van der Waals surface area contributed by atoms with E-state index < -0.39 is 5.97 Å². The van der Waals surface area contributed by atoms with E-state index in [1.165, 1.54) is 0 Å². The summed E-state index contributed by atoms with van der Waals surface area (Å²) in [6.45, 7) is 4.88. The first-order valence-corrected chi connectivity index (χ1v) is 4.88. The summed E-state index contributed by atoms with van der Waals surface area (Å²) in [7, 11) is 0. The molecular weight excluding hydrogens is 180 g/mol. The van der Waals surface area contributed by atoms with Crippen LogP contribution in [-0.2, 0) is 17.8 Å². The number of aromatic nitrogens is 2. The first-order chi connectivity index (χ1) is 6.65. The van der Waals surface area contributed by atoms with Crippen LogP contribution in [0.25, 0.3) is 0 Å². The third-order valence-corrected chi connectivity index (χ3v) is 2.21. The van der Waals surface area contributed by atoms with Crippen molar-refractivity contribution in [2.45, 2.75) is 39.7 Å². The molecule has 14 heavy (non-hydrogen) atoms. The summed E-state index contributed by atoms with van der Waals surface area (Å²) in [5.41, 5.74) is 0.795. The molecule has 4 heteroatoms. The fourth-order valence-corrected chi connectivity index (χ4v) is 1.43. The fourth-order valence-electron chi connectivity index (χ4n) is 1.43. The van der Waals surface area contributed by atoms with Gasteiger partial charge in [0.1, 0.15) is 5.82 Å². The Morgan fingerprint density at radius 1 is 1.64 bits per heavy atom. The standard InChI is InChI=1S/C10H16N2O2/c1-3-4-5-12-8(2)11-7-9(12)6-10(13)14/h7H,3-6H2,1-2H3,(H,13,14). The number of unbranched alkanes of at least 4 members (excludes halogenated alkanes) is 1. The van der Waals surface area contributed by atoms with Gasteiger partial charge in [-0.15, -0.1) is 0 Å². The van der Waals surface area contributed by atoms with Gasteiger partial charge < -0.3 is 9.67 Å². The maximum Gasteiger partial charge on any atom is 0.309 e. The van der Waals surface area contributed by atoms with Crippen LogP contribution in [0.2, 0.25) is 0 Å². The predicted octanol–water partition coefficient (Wildman–Crippen LogP) is 1.62. The van der Waals surface area contributed by atoms with Crippen molar-refractivity contribution in [2.75, 3.05) is 0 Å². The molecule has 0 aromatic carbocycles. The van der Waals surface area contributed by atoms with Gasteiger partial charge in [-0.25, -0.2) is 4.98 Å². The summed E-state index contributed by atoms with van der Waals surface area (Å²) in [6.07, 6.45) is 3.87. The monoisotopic (exact) mass is 196 g/mol. The summed E-state index contributed by atoms with van der Waals surface area (Å²) < 4.78 is 1.98. The highest BCUT2D eigenvalue weighted by Gasteiger charge is 2.09. The molecule has 0 aliphatic carbocycles. The van der Waals surface area contributed by atoms with Gasteiger partial charge in [0, 0.05) is 18.4 Å². The Morgan fingerprint density at radius 3 is 2.93 bits per heavy atom. The fraction of sp³-hybridized carbons (Fsp3) is 0.600. The summed E-state index contributed by atoms with van der Waals surface area (Å²) in [6, 6.07) is 0. The maximum absolute atomic E-state index is 10.6. The van der Waals surface area contributed by atoms with Gasteiger partial charge in [0.15, 0.2) is 0 Å². The highest BCUT2D eigenvalue weighted by Crippen LogP contribution is 2.07. The molecular formula is C10H16N2O2. The highest BCUT2D eigenvalue weighted by atomic mass is 16.4. The van der Waals surface area contributed by atoms with Gasteiger partial charge in [-0.2, -0.15) is 0 Å². The number of aryl methyl sites for hydroxylation is 1. The van der Waals surface area contributed by atoms with Crippen LogP contribution in [0.1, 0.15) is 31.3 Å². The summed E-state index contributed by atoms with van der Waals surface area (Å²) in [5, 5.41) is 8.68. The molecule has 1 aromatic heterocycles. The average molecular weight is 196 g/mol. The quantitative estimate of drug-likeness (QED) is 0.778. The summed E-state index contributed by atoms with van der Waals surface area (Å²) in [4.78, 5) is 14.7. The van der Waals surface area contributed by atoms with E-state index in [0.29, 0.717) is 0 Å². The topological polar surface area (TPSA) is 55.1 Å². The van der Waals surface area contributed by atoms with Crippen LogP contribution in [0.3, 0.4) is 0 Å². The molecule has 4 nitrogen and oxygen atoms in total. The van der Waals surface area contributed by atoms with Gasteiger partial charge in [0.2, 0.25) is 0 Å². The normalized spacial score (nSPS) is 10.4. The van der Waals surface area contributed by atoms with Crippen molar-refractivity contribution in [3.8, 4) is 0 Å². The lowest BCUT2D eigenvalue weighted by molar-refractivity contribution is -0.136. The lowest BCUT2D eigenvalue weighted by Gasteiger charge is -2.07. The van der Waals surface area contributed by atoms with Gasteiger partial charge in [-0.05, 0) is 13.3 Å². The van der Waals surface area contributed by atoms with Crippen LogP contribution < -0.4 is 0 Å². The van der Waals surface area contributed by atoms with Crippen LogP contribution in [0.4, 0.5) is 0 Å². The molecule has 78 valence electrons. The zero-order valence-corrected chi connectivity index (χ0v) is 8.66. The van der Waals surface area contributed by atoms with Crippen LogP contribution in [0.5, 0.6) is 0 Å². The molecule has 0 bridgehead atoms. The Hall–Kier alpha value is -1.32. The first-order valence-electron chi connectivity index (χ1n) is 4.88. The molecule has 0 saturated carbocycles. The average Bonchev–Trinajstić information content (AvgIpc) is 2.44. The second-order valence-electron chi connectivity index (χ2n) is 3.37. The second kappa shape index (κ2) is 4.79. The van der Waals surface area contributed by atoms with Crippen molar-refractivity contribution in [3.63, 3.8) is 0 Å². The maximum atomic E-state index is 10.6. The molecule has 1 aromatic rings. The van der Waals surface area contributed by atoms with Crippen molar-refractivity contribution in [3.05, 3.63) is 17.7 Å². The van der Waals surface area contributed by atoms with E-state index >= 15 is 0 Å². The zero-order chi connectivity index (χ0) is 10.6. The largest absolute Gasteiger partial charge is 0.481 e. The highest BCUT2D eigenvalue weighted by molar-refractivity contribution is 5.69. The van der Waals surface area contributed by atoms with E-state index in [1.807, 2.05) is 11.5 Å². The van der Waals surface area contributed by atoms with E-state index in [9.17, 15) is 4.79 Å². The molecule has 0 fully saturated rings. The number of carbonyl (C=O) groups is 1. The van der Waals surface area contributed by atoms with Crippen LogP contribution in [0, 0.1) is 6.92 Å². The Labute approximate surface area is 83.6 Å². The van der Waals surface area contributed by atoms with E-state index in [1.54, 1.807) is 6.20 Å². The SMILES string of the molecule is CCCCn1c(CC(=O)O)cnc1C. The predicted molar refractivity (Wildman–Crippen MR) is 53.2 cm³/mol. The number of imidazole rings is 1. The lowest BCUT2D eigenvalue weighted by Crippen LogP contribution is -2.09. The van der Waals surface area contributed by atoms with E-state index in [-0.39, 0.29) is 6.42 Å². The van der Waals surface area contributed by atoms with Crippen molar-refractivity contribution in [1.82, 2.24) is 9.55 Å². The molecule has 1 N–H and O–H groups in total. The van der Waals surface area contributed by atoms with E-state index in [0.717, 1.165) is 30.9 Å². The molecule has 1 heterocycles. The third-order valence-electron chi connectivity index (χ3n) is 2.21. The molecule has 0 radical (unpaired) electrons. The minimum atomic E-state index is -0.803. The molecule has 0 aliphatic rings. The van der Waals surface area contributed by atoms with Gasteiger partial charge >= 0.3 is 5.97 Å². The van der Waals surface area contributed by atoms with E-state index in [2.05, 4.69) is 11.9 Å². The Bertz CT molecular complexity index is 318. The minimum Gasteiger partial charge on any atom is -0.481 e. The molecule has 0 spiro atoms. The molecule has 0 unspecified atom stereocenters. The number of hydrogen-bond donors (Lipinski definition) is 1. The Kier molecular flexibility index (Phi) is 3.68. The van der Waals surface area contributed by atoms with Crippen LogP contribution in [0.15, 0.2) is 6.20 Å². The van der Waals surface area contributed by atoms with E-state index in [4.69, 9.17) is 5.11 Å². The summed E-state index contributed by atoms with van der Waals surface area (Å²) >= 11 is 0. The number of carboxylic acid groups (broad SMARTS) is 1. The smallest absolute Gasteiger partial charge is 0.309 e. The Balaban J connectivity index is 2.77. The van der Waals surface area contributed by atoms with Gasteiger partial charge in [0.25, 0.3) is 0 Å². The second-order valence-corrected chi connectivity index (χ2v) is 3.37. The number of carboxylic acids is 1. The van der Waals surface area contributed by atoms with Gasteiger partial charge in [-0.3, -0.25) is 4.79 Å². The van der Waals surface area contributed by atoms with Crippen LogP contribution >= 0.6 is 0 Å². The molecule has 0 aliphatic heterocycles.